The summed E-state index contributed by atoms with van der Waals surface area (Å²) in [6, 6.07) is 5.87. The minimum absolute atomic E-state index is 0.270. The van der Waals surface area contributed by atoms with Crippen LogP contribution in [-0.4, -0.2) is 22.0 Å². The Labute approximate surface area is 107 Å². The van der Waals surface area contributed by atoms with Gasteiger partial charge in [-0.25, -0.2) is 14.4 Å². The van der Waals surface area contributed by atoms with E-state index in [2.05, 4.69) is 20.3 Å². The van der Waals surface area contributed by atoms with Gasteiger partial charge in [-0.15, -0.1) is 0 Å². The van der Waals surface area contributed by atoms with E-state index in [-0.39, 0.29) is 11.4 Å². The van der Waals surface area contributed by atoms with Crippen LogP contribution in [0.3, 0.4) is 0 Å². The molecular formula is C13H11FN4O. The van der Waals surface area contributed by atoms with E-state index in [0.29, 0.717) is 34.3 Å². The van der Waals surface area contributed by atoms with E-state index < -0.39 is 0 Å². The summed E-state index contributed by atoms with van der Waals surface area (Å²) in [6.07, 6.45) is 0. The fraction of sp³-hybridized carbons (Fsp3) is 0.154. The predicted molar refractivity (Wildman–Crippen MR) is 70.4 cm³/mol. The lowest BCUT2D eigenvalue weighted by Crippen LogP contribution is -2.17. The van der Waals surface area contributed by atoms with Gasteiger partial charge < -0.3 is 10.3 Å². The molecule has 3 rings (SSSR count). The van der Waals surface area contributed by atoms with Gasteiger partial charge in [-0.05, 0) is 31.3 Å². The summed E-state index contributed by atoms with van der Waals surface area (Å²) >= 11 is 0. The molecule has 5 nitrogen and oxygen atoms in total. The zero-order chi connectivity index (χ0) is 13.4. The minimum atomic E-state index is -0.357. The maximum atomic E-state index is 13.2. The summed E-state index contributed by atoms with van der Waals surface area (Å²) in [5.41, 5.74) is 0.712. The second-order valence-corrected chi connectivity index (χ2v) is 4.24. The molecule has 3 aromatic rings. The second-order valence-electron chi connectivity index (χ2n) is 4.24. The van der Waals surface area contributed by atoms with Crippen molar-refractivity contribution in [2.45, 2.75) is 6.54 Å². The number of aromatic amines is 1. The first-order valence-electron chi connectivity index (χ1n) is 5.81. The van der Waals surface area contributed by atoms with Crippen molar-refractivity contribution >= 4 is 21.9 Å². The van der Waals surface area contributed by atoms with E-state index >= 15 is 0 Å². The Morgan fingerprint density at radius 3 is 2.95 bits per heavy atom. The minimum Gasteiger partial charge on any atom is -0.313 e. The van der Waals surface area contributed by atoms with Crippen LogP contribution in [0.4, 0.5) is 4.39 Å². The summed E-state index contributed by atoms with van der Waals surface area (Å²) in [4.78, 5) is 23.2. The first kappa shape index (κ1) is 11.7. The number of halogens is 1. The molecule has 0 amide bonds. The first-order chi connectivity index (χ1) is 9.17. The van der Waals surface area contributed by atoms with Gasteiger partial charge in [0.05, 0.1) is 17.4 Å². The molecule has 0 aliphatic rings. The molecule has 0 unspecified atom stereocenters. The van der Waals surface area contributed by atoms with Crippen molar-refractivity contribution in [1.82, 2.24) is 20.3 Å². The number of H-pyrrole nitrogens is 1. The standard InChI is InChI=1S/C13H11FN4O/c1-15-6-11-17-12-9(13(19)18-11)5-7-4-8(14)2-3-10(7)16-12/h2-5,15H,6H2,1H3,(H,16,17,18,19). The topological polar surface area (TPSA) is 70.7 Å². The molecule has 2 aromatic heterocycles. The van der Waals surface area contributed by atoms with Crippen LogP contribution in [0, 0.1) is 5.82 Å². The molecule has 0 atom stereocenters. The van der Waals surface area contributed by atoms with Crippen LogP contribution < -0.4 is 10.9 Å². The zero-order valence-electron chi connectivity index (χ0n) is 10.2. The molecule has 19 heavy (non-hydrogen) atoms. The average Bonchev–Trinajstić information content (AvgIpc) is 2.37. The smallest absolute Gasteiger partial charge is 0.260 e. The number of fused-ring (bicyclic) bond motifs is 2. The molecule has 0 radical (unpaired) electrons. The highest BCUT2D eigenvalue weighted by molar-refractivity contribution is 5.90. The number of pyridine rings is 1. The summed E-state index contributed by atoms with van der Waals surface area (Å²) in [5, 5.41) is 3.85. The van der Waals surface area contributed by atoms with Gasteiger partial charge in [-0.2, -0.15) is 0 Å². The Hall–Kier alpha value is -2.34. The quantitative estimate of drug-likeness (QED) is 0.680. The maximum absolute atomic E-state index is 13.2. The fourth-order valence-corrected chi connectivity index (χ4v) is 1.99. The highest BCUT2D eigenvalue weighted by Crippen LogP contribution is 2.17. The predicted octanol–water partition coefficient (Wildman–Crippen LogP) is 1.33. The second kappa shape index (κ2) is 4.40. The van der Waals surface area contributed by atoms with Crippen LogP contribution >= 0.6 is 0 Å². The van der Waals surface area contributed by atoms with E-state index in [0.717, 1.165) is 0 Å². The molecule has 0 saturated carbocycles. The third-order valence-electron chi connectivity index (χ3n) is 2.84. The van der Waals surface area contributed by atoms with Crippen LogP contribution in [0.1, 0.15) is 5.82 Å². The third kappa shape index (κ3) is 2.06. The fourth-order valence-electron chi connectivity index (χ4n) is 1.99. The van der Waals surface area contributed by atoms with Crippen LogP contribution in [0.5, 0.6) is 0 Å². The number of nitrogens with zero attached hydrogens (tertiary/aromatic N) is 2. The van der Waals surface area contributed by atoms with Crippen molar-refractivity contribution in [3.8, 4) is 0 Å². The van der Waals surface area contributed by atoms with E-state index in [1.807, 2.05) is 0 Å². The molecule has 2 heterocycles. The van der Waals surface area contributed by atoms with Crippen LogP contribution in [0.25, 0.3) is 21.9 Å². The zero-order valence-corrected chi connectivity index (χ0v) is 10.2. The Morgan fingerprint density at radius 2 is 2.16 bits per heavy atom. The van der Waals surface area contributed by atoms with Crippen molar-refractivity contribution in [2.75, 3.05) is 7.05 Å². The Kier molecular flexibility index (Phi) is 2.72. The molecule has 0 aliphatic heterocycles. The molecular weight excluding hydrogens is 247 g/mol. The van der Waals surface area contributed by atoms with Crippen LogP contribution in [0.15, 0.2) is 29.1 Å². The number of aromatic nitrogens is 3. The SMILES string of the molecule is CNCc1nc2nc3ccc(F)cc3cc2c(=O)[nH]1. The van der Waals surface area contributed by atoms with Gasteiger partial charge in [0.25, 0.3) is 5.56 Å². The molecule has 0 fully saturated rings. The lowest BCUT2D eigenvalue weighted by Gasteiger charge is -2.03. The molecule has 0 aliphatic carbocycles. The third-order valence-corrected chi connectivity index (χ3v) is 2.84. The van der Waals surface area contributed by atoms with Crippen molar-refractivity contribution in [1.29, 1.82) is 0 Å². The Bertz CT molecular complexity index is 828. The lowest BCUT2D eigenvalue weighted by atomic mass is 10.2. The number of hydrogen-bond acceptors (Lipinski definition) is 4. The summed E-state index contributed by atoms with van der Waals surface area (Å²) in [6.45, 7) is 0.453. The van der Waals surface area contributed by atoms with Crippen molar-refractivity contribution in [2.24, 2.45) is 0 Å². The van der Waals surface area contributed by atoms with E-state index in [1.165, 1.54) is 12.1 Å². The van der Waals surface area contributed by atoms with Gasteiger partial charge in [0, 0.05) is 5.39 Å². The Morgan fingerprint density at radius 1 is 1.32 bits per heavy atom. The van der Waals surface area contributed by atoms with E-state index in [1.54, 1.807) is 19.2 Å². The summed E-state index contributed by atoms with van der Waals surface area (Å²) in [5.74, 6) is 0.166. The number of rotatable bonds is 2. The largest absolute Gasteiger partial charge is 0.313 e. The summed E-state index contributed by atoms with van der Waals surface area (Å²) in [7, 11) is 1.76. The van der Waals surface area contributed by atoms with E-state index in [4.69, 9.17) is 0 Å². The molecule has 1 aromatic carbocycles. The molecule has 0 spiro atoms. The van der Waals surface area contributed by atoms with Gasteiger partial charge in [0.1, 0.15) is 11.6 Å². The van der Waals surface area contributed by atoms with Crippen molar-refractivity contribution < 1.29 is 4.39 Å². The Balaban J connectivity index is 2.34. The number of benzene rings is 1. The highest BCUT2D eigenvalue weighted by Gasteiger charge is 2.07. The number of nitrogens with one attached hydrogen (secondary N) is 2. The molecule has 6 heteroatoms. The first-order valence-corrected chi connectivity index (χ1v) is 5.81. The van der Waals surface area contributed by atoms with Gasteiger partial charge in [0.15, 0.2) is 5.65 Å². The van der Waals surface area contributed by atoms with Gasteiger partial charge in [0.2, 0.25) is 0 Å². The van der Waals surface area contributed by atoms with Crippen LogP contribution in [-0.2, 0) is 6.54 Å². The van der Waals surface area contributed by atoms with Crippen LogP contribution in [0.2, 0.25) is 0 Å². The highest BCUT2D eigenvalue weighted by atomic mass is 19.1. The molecule has 2 N–H and O–H groups in total. The maximum Gasteiger partial charge on any atom is 0.260 e. The molecule has 96 valence electrons. The average molecular weight is 258 g/mol. The number of hydrogen-bond donors (Lipinski definition) is 2. The molecule has 0 saturated heterocycles. The van der Waals surface area contributed by atoms with Gasteiger partial charge in [-0.3, -0.25) is 4.79 Å². The van der Waals surface area contributed by atoms with Gasteiger partial charge in [-0.1, -0.05) is 0 Å². The van der Waals surface area contributed by atoms with Gasteiger partial charge >= 0.3 is 0 Å². The lowest BCUT2D eigenvalue weighted by molar-refractivity contribution is 0.629. The molecule has 0 bridgehead atoms. The monoisotopic (exact) mass is 258 g/mol. The van der Waals surface area contributed by atoms with Crippen molar-refractivity contribution in [3.05, 3.63) is 46.3 Å². The summed E-state index contributed by atoms with van der Waals surface area (Å²) < 4.78 is 13.2. The van der Waals surface area contributed by atoms with Crippen molar-refractivity contribution in [3.63, 3.8) is 0 Å². The normalized spacial score (nSPS) is 11.3. The van der Waals surface area contributed by atoms with E-state index in [9.17, 15) is 9.18 Å².